The van der Waals surface area contributed by atoms with E-state index in [2.05, 4.69) is 20.9 Å². The number of benzene rings is 2. The van der Waals surface area contributed by atoms with Crippen molar-refractivity contribution in [3.63, 3.8) is 0 Å². The molecule has 1 unspecified atom stereocenters. The van der Waals surface area contributed by atoms with Gasteiger partial charge in [0.15, 0.2) is 12.1 Å². The summed E-state index contributed by atoms with van der Waals surface area (Å²) in [5, 5.41) is 3.07. The van der Waals surface area contributed by atoms with Crippen LogP contribution in [-0.2, 0) is 14.8 Å². The molecule has 4 heterocycles. The molecule has 0 bridgehead atoms. The van der Waals surface area contributed by atoms with Gasteiger partial charge in [-0.25, -0.2) is 18.4 Å². The standard InChI is InChI=1S/C25H27N7O3S/c1-16-14-20(23-28-24(26)29-25-27-21-8-3-4-9-22(21)32(23)25)17(2)31(16)18-6-5-7-19(15-18)36(33,34)30-10-12-35-13-11-30/h3-9,14-15,23H,10-13H2,1-2H3,(H3,26,27,28,29). The van der Waals surface area contributed by atoms with Crippen molar-refractivity contribution < 1.29 is 13.2 Å². The van der Waals surface area contributed by atoms with E-state index < -0.39 is 16.2 Å². The molecule has 1 saturated heterocycles. The maximum absolute atomic E-state index is 13.3. The largest absolute Gasteiger partial charge is 0.379 e. The van der Waals surface area contributed by atoms with E-state index in [1.165, 1.54) is 4.31 Å². The molecule has 186 valence electrons. The zero-order chi connectivity index (χ0) is 25.0. The van der Waals surface area contributed by atoms with Crippen LogP contribution in [0.25, 0.3) is 16.7 Å². The number of hydrogen-bond donors (Lipinski definition) is 2. The number of nitrogens with two attached hydrogens (primary N) is 1. The van der Waals surface area contributed by atoms with Crippen LogP contribution < -0.4 is 11.1 Å². The number of nitrogens with zero attached hydrogens (tertiary/aromatic N) is 5. The molecule has 1 atom stereocenters. The fraction of sp³-hybridized carbons (Fsp3) is 0.280. The molecule has 2 aromatic carbocycles. The molecule has 0 aliphatic carbocycles. The van der Waals surface area contributed by atoms with Crippen molar-refractivity contribution in [2.24, 2.45) is 10.7 Å². The van der Waals surface area contributed by atoms with Gasteiger partial charge in [-0.1, -0.05) is 18.2 Å². The van der Waals surface area contributed by atoms with Crippen molar-refractivity contribution in [3.8, 4) is 5.69 Å². The highest BCUT2D eigenvalue weighted by atomic mass is 32.2. The van der Waals surface area contributed by atoms with Crippen LogP contribution >= 0.6 is 0 Å². The van der Waals surface area contributed by atoms with Crippen LogP contribution in [0.3, 0.4) is 0 Å². The predicted octanol–water partition coefficient (Wildman–Crippen LogP) is 2.75. The lowest BCUT2D eigenvalue weighted by Gasteiger charge is -2.26. The monoisotopic (exact) mass is 505 g/mol. The number of morpholine rings is 1. The van der Waals surface area contributed by atoms with Gasteiger partial charge in [0, 0.05) is 35.7 Å². The minimum absolute atomic E-state index is 0.267. The van der Waals surface area contributed by atoms with E-state index in [9.17, 15) is 8.42 Å². The molecule has 0 spiro atoms. The highest BCUT2D eigenvalue weighted by Gasteiger charge is 2.29. The molecule has 6 rings (SSSR count). The van der Waals surface area contributed by atoms with Gasteiger partial charge in [-0.05, 0) is 50.2 Å². The maximum atomic E-state index is 13.3. The zero-order valence-electron chi connectivity index (χ0n) is 20.0. The third kappa shape index (κ3) is 3.58. The van der Waals surface area contributed by atoms with E-state index in [-0.39, 0.29) is 4.90 Å². The first-order valence-electron chi connectivity index (χ1n) is 11.8. The second-order valence-corrected chi connectivity index (χ2v) is 10.9. The smallest absolute Gasteiger partial charge is 0.243 e. The van der Waals surface area contributed by atoms with Crippen molar-refractivity contribution in [1.82, 2.24) is 18.4 Å². The first-order chi connectivity index (χ1) is 17.3. The number of ether oxygens (including phenoxy) is 1. The zero-order valence-corrected chi connectivity index (χ0v) is 20.9. The van der Waals surface area contributed by atoms with Gasteiger partial charge in [0.2, 0.25) is 16.0 Å². The van der Waals surface area contributed by atoms with E-state index in [0.717, 1.165) is 33.7 Å². The average molecular weight is 506 g/mol. The molecule has 11 heteroatoms. The topological polar surface area (TPSA) is 120 Å². The Kier molecular flexibility index (Phi) is 5.36. The molecule has 10 nitrogen and oxygen atoms in total. The Morgan fingerprint density at radius 3 is 2.64 bits per heavy atom. The second-order valence-electron chi connectivity index (χ2n) is 8.98. The van der Waals surface area contributed by atoms with Gasteiger partial charge in [0.05, 0.1) is 29.1 Å². The van der Waals surface area contributed by atoms with Gasteiger partial charge in [-0.2, -0.15) is 4.31 Å². The molecule has 0 saturated carbocycles. The van der Waals surface area contributed by atoms with Crippen LogP contribution in [0.4, 0.5) is 5.95 Å². The number of anilines is 1. The van der Waals surface area contributed by atoms with Crippen molar-refractivity contribution >= 4 is 33.0 Å². The van der Waals surface area contributed by atoms with Crippen LogP contribution in [0.5, 0.6) is 0 Å². The summed E-state index contributed by atoms with van der Waals surface area (Å²) in [6.45, 7) is 5.54. The van der Waals surface area contributed by atoms with Gasteiger partial charge in [0.25, 0.3) is 0 Å². The van der Waals surface area contributed by atoms with Crippen LogP contribution in [-0.4, -0.2) is 59.1 Å². The maximum Gasteiger partial charge on any atom is 0.243 e. The lowest BCUT2D eigenvalue weighted by molar-refractivity contribution is 0.0730. The van der Waals surface area contributed by atoms with Gasteiger partial charge in [0.1, 0.15) is 0 Å². The van der Waals surface area contributed by atoms with Crippen molar-refractivity contribution in [2.45, 2.75) is 24.9 Å². The van der Waals surface area contributed by atoms with Crippen LogP contribution in [0.1, 0.15) is 23.1 Å². The summed E-state index contributed by atoms with van der Waals surface area (Å²) in [5.41, 5.74) is 11.6. The molecular formula is C25H27N7O3S. The minimum atomic E-state index is -3.62. The summed E-state index contributed by atoms with van der Waals surface area (Å²) in [6.07, 6.45) is -0.408. The Balaban J connectivity index is 1.44. The molecule has 36 heavy (non-hydrogen) atoms. The average Bonchev–Trinajstić information content (AvgIpc) is 3.40. The summed E-state index contributed by atoms with van der Waals surface area (Å²) in [7, 11) is -3.62. The lowest BCUT2D eigenvalue weighted by Crippen LogP contribution is -2.40. The first kappa shape index (κ1) is 22.8. The van der Waals surface area contributed by atoms with Gasteiger partial charge in [-0.15, -0.1) is 0 Å². The summed E-state index contributed by atoms with van der Waals surface area (Å²) in [4.78, 5) is 9.67. The Hall–Kier alpha value is -3.67. The number of aliphatic imine (C=N–C) groups is 1. The summed E-state index contributed by atoms with van der Waals surface area (Å²) < 4.78 is 37.5. The van der Waals surface area contributed by atoms with Crippen molar-refractivity contribution in [1.29, 1.82) is 0 Å². The number of sulfonamides is 1. The fourth-order valence-electron chi connectivity index (χ4n) is 5.09. The predicted molar refractivity (Wildman–Crippen MR) is 138 cm³/mol. The number of hydrogen-bond acceptors (Lipinski definition) is 7. The number of fused-ring (bicyclic) bond motifs is 3. The molecule has 2 aliphatic rings. The molecule has 2 aromatic heterocycles. The number of imidazole rings is 1. The summed E-state index contributed by atoms with van der Waals surface area (Å²) in [6, 6.07) is 17.0. The van der Waals surface area contributed by atoms with E-state index >= 15 is 0 Å². The van der Waals surface area contributed by atoms with Gasteiger partial charge < -0.3 is 15.0 Å². The SMILES string of the molecule is Cc1cc(C2N=C(N)Nc3nc4ccccc4n32)c(C)n1-c1cccc(S(=O)(=O)N2CCOCC2)c1. The molecule has 3 N–H and O–H groups in total. The van der Waals surface area contributed by atoms with E-state index in [4.69, 9.17) is 15.5 Å². The number of nitrogens with one attached hydrogen (secondary N) is 1. The van der Waals surface area contributed by atoms with Crippen LogP contribution in [0.2, 0.25) is 0 Å². The van der Waals surface area contributed by atoms with Crippen LogP contribution in [0, 0.1) is 13.8 Å². The molecule has 0 amide bonds. The lowest BCUT2D eigenvalue weighted by atomic mass is 10.1. The molecular weight excluding hydrogens is 478 g/mol. The number of para-hydroxylation sites is 2. The van der Waals surface area contributed by atoms with Crippen LogP contribution in [0.15, 0.2) is 64.5 Å². The fourth-order valence-corrected chi connectivity index (χ4v) is 6.54. The second kappa shape index (κ2) is 8.47. The highest BCUT2D eigenvalue weighted by molar-refractivity contribution is 7.89. The summed E-state index contributed by atoms with van der Waals surface area (Å²) in [5.74, 6) is 0.934. The molecule has 4 aromatic rings. The quantitative estimate of drug-likeness (QED) is 0.440. The van der Waals surface area contributed by atoms with Crippen molar-refractivity contribution in [3.05, 3.63) is 71.5 Å². The Morgan fingerprint density at radius 1 is 1.06 bits per heavy atom. The Bertz CT molecular complexity index is 1610. The van der Waals surface area contributed by atoms with E-state index in [1.807, 2.05) is 48.7 Å². The number of aryl methyl sites for hydroxylation is 1. The molecule has 1 fully saturated rings. The third-order valence-corrected chi connectivity index (χ3v) is 8.67. The molecule has 0 radical (unpaired) electrons. The Labute approximate surface area is 209 Å². The van der Waals surface area contributed by atoms with E-state index in [1.54, 1.807) is 18.2 Å². The van der Waals surface area contributed by atoms with E-state index in [0.29, 0.717) is 38.2 Å². The normalized spacial score (nSPS) is 18.6. The first-order valence-corrected chi connectivity index (χ1v) is 13.2. The number of guanidine groups is 1. The third-order valence-electron chi connectivity index (χ3n) is 6.77. The summed E-state index contributed by atoms with van der Waals surface area (Å²) >= 11 is 0. The van der Waals surface area contributed by atoms with Crippen molar-refractivity contribution in [2.75, 3.05) is 31.6 Å². The van der Waals surface area contributed by atoms with Gasteiger partial charge >= 0.3 is 0 Å². The number of rotatable bonds is 4. The molecule has 2 aliphatic heterocycles. The van der Waals surface area contributed by atoms with Gasteiger partial charge in [-0.3, -0.25) is 9.88 Å². The minimum Gasteiger partial charge on any atom is -0.379 e. The Morgan fingerprint density at radius 2 is 1.83 bits per heavy atom. The number of aromatic nitrogens is 3. The highest BCUT2D eigenvalue weighted by Crippen LogP contribution is 2.36.